The van der Waals surface area contributed by atoms with Crippen molar-refractivity contribution in [1.29, 1.82) is 0 Å². The standard InChI is InChI=1S/C45H65FN2O10/c1-30(39(50)55-29-32-15-13-12-14-16-32)56-40(51)35(27-43(2,3)4)47(10)38(49)37(22-19-31-17-20-33(21-18-31)34-23-25-54-26-24-34)57-41(52)36(28-45(8,9)46)48(11)42(53)58-44(5,6)7/h12-18,20-21,30,34-37H,19,22-29H2,1-11H3/t30-,35+,36+,37-/m1/s1. The molecule has 1 fully saturated rings. The zero-order valence-corrected chi connectivity index (χ0v) is 36.3. The molecule has 0 bridgehead atoms. The SMILES string of the molecule is C[C@@H](OC(=O)[C@H](CC(C)(C)C)N(C)C(=O)[C@@H](CCc1ccc(C2CCOCC2)cc1)OC(=O)[C@H](CC(C)(C)F)N(C)C(=O)OC(C)(C)C)C(=O)OCc1ccccc1. The number of hydrogen-bond acceptors (Lipinski definition) is 10. The number of aryl methyl sites for hydroxylation is 1. The number of esters is 3. The van der Waals surface area contributed by atoms with Gasteiger partial charge in [-0.1, -0.05) is 75.4 Å². The van der Waals surface area contributed by atoms with Gasteiger partial charge in [0.05, 0.1) is 0 Å². The molecule has 3 rings (SSSR count). The Morgan fingerprint density at radius 2 is 1.33 bits per heavy atom. The van der Waals surface area contributed by atoms with Gasteiger partial charge in [0.15, 0.2) is 12.2 Å². The van der Waals surface area contributed by atoms with Gasteiger partial charge in [-0.15, -0.1) is 0 Å². The Morgan fingerprint density at radius 3 is 1.88 bits per heavy atom. The monoisotopic (exact) mass is 812 g/mol. The number of hydrogen-bond donors (Lipinski definition) is 0. The summed E-state index contributed by atoms with van der Waals surface area (Å²) in [6, 6.07) is 14.5. The van der Waals surface area contributed by atoms with Crippen LogP contribution < -0.4 is 0 Å². The first kappa shape index (κ1) is 47.9. The average molecular weight is 813 g/mol. The van der Waals surface area contributed by atoms with Crippen LogP contribution in [0, 0.1) is 5.41 Å². The normalized spacial score (nSPS) is 15.9. The van der Waals surface area contributed by atoms with Gasteiger partial charge in [0.2, 0.25) is 0 Å². The number of nitrogens with zero attached hydrogens (tertiary/aromatic N) is 2. The number of alkyl halides is 1. The summed E-state index contributed by atoms with van der Waals surface area (Å²) in [5, 5.41) is 0. The van der Waals surface area contributed by atoms with E-state index in [0.717, 1.165) is 28.9 Å². The first-order valence-corrected chi connectivity index (χ1v) is 20.1. The molecule has 1 saturated heterocycles. The van der Waals surface area contributed by atoms with Crippen molar-refractivity contribution in [3.63, 3.8) is 0 Å². The molecule has 58 heavy (non-hydrogen) atoms. The Hall–Kier alpha value is -4.52. The quantitative estimate of drug-likeness (QED) is 0.115. The van der Waals surface area contributed by atoms with Gasteiger partial charge in [0.1, 0.15) is 30.0 Å². The molecular formula is C45H65FN2O10. The van der Waals surface area contributed by atoms with Crippen molar-refractivity contribution in [2.75, 3.05) is 27.3 Å². The summed E-state index contributed by atoms with van der Waals surface area (Å²) in [5.41, 5.74) is -0.484. The number of halogens is 1. The smallest absolute Gasteiger partial charge is 0.410 e. The average Bonchev–Trinajstić information content (AvgIpc) is 3.15. The number of benzene rings is 2. The molecule has 0 radical (unpaired) electrons. The van der Waals surface area contributed by atoms with Crippen LogP contribution in [0.5, 0.6) is 0 Å². The Balaban J connectivity index is 1.91. The molecule has 1 aliphatic heterocycles. The maximum atomic E-state index is 15.2. The molecule has 0 spiro atoms. The van der Waals surface area contributed by atoms with Crippen LogP contribution in [0.4, 0.5) is 9.18 Å². The Morgan fingerprint density at radius 1 is 0.759 bits per heavy atom. The molecule has 322 valence electrons. The fourth-order valence-electron chi connectivity index (χ4n) is 6.52. The van der Waals surface area contributed by atoms with E-state index in [1.807, 2.05) is 51.1 Å². The molecule has 0 N–H and O–H groups in total. The summed E-state index contributed by atoms with van der Waals surface area (Å²) in [4.78, 5) is 70.6. The zero-order valence-electron chi connectivity index (χ0n) is 36.3. The number of likely N-dealkylation sites (N-methyl/N-ethyl adjacent to an activating group) is 2. The molecule has 12 nitrogen and oxygen atoms in total. The van der Waals surface area contributed by atoms with Crippen LogP contribution in [0.2, 0.25) is 0 Å². The van der Waals surface area contributed by atoms with E-state index < -0.39 is 77.3 Å². The lowest BCUT2D eigenvalue weighted by Crippen LogP contribution is -2.52. The maximum Gasteiger partial charge on any atom is 0.410 e. The van der Waals surface area contributed by atoms with Crippen molar-refractivity contribution >= 4 is 29.9 Å². The molecule has 0 unspecified atom stereocenters. The van der Waals surface area contributed by atoms with Crippen molar-refractivity contribution in [2.45, 2.75) is 149 Å². The van der Waals surface area contributed by atoms with E-state index in [-0.39, 0.29) is 19.4 Å². The van der Waals surface area contributed by atoms with E-state index >= 15 is 4.39 Å². The fraction of sp³-hybridized carbons (Fsp3) is 0.622. The first-order chi connectivity index (χ1) is 26.9. The zero-order chi connectivity index (χ0) is 43.4. The highest BCUT2D eigenvalue weighted by atomic mass is 19.1. The molecule has 4 atom stereocenters. The number of carbonyl (C=O) groups excluding carboxylic acids is 5. The van der Waals surface area contributed by atoms with Crippen LogP contribution in [-0.4, -0.2) is 103 Å². The van der Waals surface area contributed by atoms with Gasteiger partial charge in [-0.2, -0.15) is 0 Å². The van der Waals surface area contributed by atoms with Gasteiger partial charge in [-0.05, 0) is 102 Å². The third-order valence-electron chi connectivity index (χ3n) is 9.74. The molecule has 2 aromatic carbocycles. The molecule has 0 aliphatic carbocycles. The van der Waals surface area contributed by atoms with Gasteiger partial charge < -0.3 is 28.6 Å². The van der Waals surface area contributed by atoms with Gasteiger partial charge in [-0.3, -0.25) is 9.69 Å². The third kappa shape index (κ3) is 16.0. The van der Waals surface area contributed by atoms with Crippen molar-refractivity contribution in [3.8, 4) is 0 Å². The molecule has 0 aromatic heterocycles. The van der Waals surface area contributed by atoms with Gasteiger partial charge >= 0.3 is 24.0 Å². The molecule has 13 heteroatoms. The first-order valence-electron chi connectivity index (χ1n) is 20.1. The largest absolute Gasteiger partial charge is 0.458 e. The Labute approximate surface area is 344 Å². The second kappa shape index (κ2) is 20.9. The number of amides is 2. The van der Waals surface area contributed by atoms with Crippen LogP contribution >= 0.6 is 0 Å². The molecule has 1 aliphatic rings. The van der Waals surface area contributed by atoms with Crippen LogP contribution in [-0.2, 0) is 55.9 Å². The lowest BCUT2D eigenvalue weighted by molar-refractivity contribution is -0.175. The van der Waals surface area contributed by atoms with E-state index in [1.165, 1.54) is 45.3 Å². The fourth-order valence-corrected chi connectivity index (χ4v) is 6.52. The summed E-state index contributed by atoms with van der Waals surface area (Å²) in [6.07, 6.45) is -1.73. The topological polar surface area (TPSA) is 138 Å². The highest BCUT2D eigenvalue weighted by molar-refractivity contribution is 5.90. The predicted octanol–water partition coefficient (Wildman–Crippen LogP) is 7.74. The van der Waals surface area contributed by atoms with E-state index in [9.17, 15) is 24.0 Å². The van der Waals surface area contributed by atoms with E-state index in [1.54, 1.807) is 32.9 Å². The summed E-state index contributed by atoms with van der Waals surface area (Å²) >= 11 is 0. The third-order valence-corrected chi connectivity index (χ3v) is 9.74. The number of ether oxygens (including phenoxy) is 5. The van der Waals surface area contributed by atoms with E-state index in [2.05, 4.69) is 12.1 Å². The van der Waals surface area contributed by atoms with Crippen LogP contribution in [0.15, 0.2) is 54.6 Å². The molecule has 2 aromatic rings. The lowest BCUT2D eigenvalue weighted by Gasteiger charge is -2.35. The highest BCUT2D eigenvalue weighted by Gasteiger charge is 2.41. The molecular weight excluding hydrogens is 747 g/mol. The predicted molar refractivity (Wildman–Crippen MR) is 217 cm³/mol. The van der Waals surface area contributed by atoms with Gasteiger partial charge in [0, 0.05) is 33.7 Å². The maximum absolute atomic E-state index is 15.2. The minimum absolute atomic E-state index is 0.00686. The van der Waals surface area contributed by atoms with Crippen LogP contribution in [0.1, 0.15) is 117 Å². The minimum Gasteiger partial charge on any atom is -0.458 e. The lowest BCUT2D eigenvalue weighted by atomic mass is 9.87. The van der Waals surface area contributed by atoms with E-state index in [0.29, 0.717) is 25.6 Å². The van der Waals surface area contributed by atoms with Crippen molar-refractivity contribution in [2.24, 2.45) is 5.41 Å². The van der Waals surface area contributed by atoms with Gasteiger partial charge in [-0.25, -0.2) is 23.6 Å². The summed E-state index contributed by atoms with van der Waals surface area (Å²) in [6.45, 7) is 16.0. The minimum atomic E-state index is -1.91. The summed E-state index contributed by atoms with van der Waals surface area (Å²) in [7, 11) is 2.73. The van der Waals surface area contributed by atoms with E-state index in [4.69, 9.17) is 23.7 Å². The Bertz CT molecular complexity index is 1660. The van der Waals surface area contributed by atoms with Crippen LogP contribution in [0.3, 0.4) is 0 Å². The van der Waals surface area contributed by atoms with Crippen molar-refractivity contribution in [3.05, 3.63) is 71.3 Å². The molecule has 2 amide bonds. The number of rotatable bonds is 17. The second-order valence-electron chi connectivity index (χ2n) is 18.0. The second-order valence-corrected chi connectivity index (χ2v) is 18.0. The summed E-state index contributed by atoms with van der Waals surface area (Å²) < 4.78 is 43.1. The Kier molecular flexibility index (Phi) is 17.3. The summed E-state index contributed by atoms with van der Waals surface area (Å²) in [5.74, 6) is -2.93. The molecule has 1 heterocycles. The van der Waals surface area contributed by atoms with Crippen molar-refractivity contribution in [1.82, 2.24) is 9.80 Å². The van der Waals surface area contributed by atoms with Crippen LogP contribution in [0.25, 0.3) is 0 Å². The molecule has 0 saturated carbocycles. The number of carbonyl (C=O) groups is 5. The van der Waals surface area contributed by atoms with Crippen molar-refractivity contribution < 1.29 is 52.0 Å². The highest BCUT2D eigenvalue weighted by Crippen LogP contribution is 2.29. The van der Waals surface area contributed by atoms with Gasteiger partial charge in [0.25, 0.3) is 5.91 Å².